The van der Waals surface area contributed by atoms with E-state index in [1.54, 1.807) is 29.1 Å². The summed E-state index contributed by atoms with van der Waals surface area (Å²) in [5.74, 6) is 0.971. The second-order valence-electron chi connectivity index (χ2n) is 3.33. The first-order valence-electron chi connectivity index (χ1n) is 4.88. The van der Waals surface area contributed by atoms with E-state index in [4.69, 9.17) is 33.7 Å². The van der Waals surface area contributed by atoms with Gasteiger partial charge in [0, 0.05) is 5.02 Å². The Balaban J connectivity index is 1.90. The molecule has 17 heavy (non-hydrogen) atoms. The van der Waals surface area contributed by atoms with Crippen molar-refractivity contribution in [1.29, 1.82) is 0 Å². The van der Waals surface area contributed by atoms with Gasteiger partial charge in [0.2, 0.25) is 0 Å². The third-order valence-electron chi connectivity index (χ3n) is 2.03. The molecular weight excluding hydrogens is 263 g/mol. The van der Waals surface area contributed by atoms with Crippen molar-refractivity contribution in [3.05, 3.63) is 34.4 Å². The third kappa shape index (κ3) is 3.25. The lowest BCUT2D eigenvalue weighted by Gasteiger charge is -2.07. The topological polar surface area (TPSA) is 66.0 Å². The Morgan fingerprint density at radius 3 is 2.82 bits per heavy atom. The molecule has 0 aliphatic heterocycles. The Morgan fingerprint density at radius 2 is 2.18 bits per heavy atom. The maximum atomic E-state index is 5.95. The van der Waals surface area contributed by atoms with E-state index in [-0.39, 0.29) is 0 Å². The first-order chi connectivity index (χ1) is 8.15. The molecule has 7 heteroatoms. The quantitative estimate of drug-likeness (QED) is 0.927. The lowest BCUT2D eigenvalue weighted by atomic mass is 10.3. The van der Waals surface area contributed by atoms with Crippen LogP contribution in [0.25, 0.3) is 0 Å². The molecule has 0 amide bonds. The third-order valence-corrected chi connectivity index (χ3v) is 2.56. The number of ether oxygens (including phenoxy) is 1. The van der Waals surface area contributed by atoms with Gasteiger partial charge < -0.3 is 10.5 Å². The van der Waals surface area contributed by atoms with Crippen LogP contribution in [-0.2, 0) is 6.54 Å². The van der Waals surface area contributed by atoms with Crippen LogP contribution in [0.15, 0.2) is 24.4 Å². The van der Waals surface area contributed by atoms with Crippen molar-refractivity contribution in [2.24, 2.45) is 0 Å². The van der Waals surface area contributed by atoms with Gasteiger partial charge in [-0.2, -0.15) is 0 Å². The van der Waals surface area contributed by atoms with Crippen molar-refractivity contribution in [2.45, 2.75) is 6.54 Å². The van der Waals surface area contributed by atoms with Crippen molar-refractivity contribution in [3.8, 4) is 5.75 Å². The molecule has 90 valence electrons. The highest BCUT2D eigenvalue weighted by Gasteiger charge is 2.02. The van der Waals surface area contributed by atoms with Gasteiger partial charge in [0.05, 0.1) is 17.8 Å². The normalized spacial score (nSPS) is 10.5. The molecule has 0 saturated heterocycles. The standard InChI is InChI=1S/C10H10Cl2N4O/c11-7-1-2-9(8(12)5-7)17-4-3-16-6-10(13)14-15-16/h1-2,5-6H,3-4,13H2. The van der Waals surface area contributed by atoms with Gasteiger partial charge in [-0.25, -0.2) is 4.68 Å². The van der Waals surface area contributed by atoms with Crippen molar-refractivity contribution in [3.63, 3.8) is 0 Å². The first kappa shape index (κ1) is 12.0. The fourth-order valence-corrected chi connectivity index (χ4v) is 1.73. The molecule has 0 radical (unpaired) electrons. The van der Waals surface area contributed by atoms with E-state index in [1.165, 1.54) is 0 Å². The second-order valence-corrected chi connectivity index (χ2v) is 4.17. The summed E-state index contributed by atoms with van der Waals surface area (Å²) in [5, 5.41) is 8.51. The van der Waals surface area contributed by atoms with Gasteiger partial charge in [0.25, 0.3) is 0 Å². The van der Waals surface area contributed by atoms with Gasteiger partial charge in [-0.1, -0.05) is 28.4 Å². The fraction of sp³-hybridized carbons (Fsp3) is 0.200. The monoisotopic (exact) mass is 272 g/mol. The number of rotatable bonds is 4. The summed E-state index contributed by atoms with van der Waals surface area (Å²) in [7, 11) is 0. The van der Waals surface area contributed by atoms with Crippen molar-refractivity contribution in [1.82, 2.24) is 15.0 Å². The zero-order chi connectivity index (χ0) is 12.3. The Hall–Kier alpha value is -1.46. The minimum absolute atomic E-state index is 0.384. The van der Waals surface area contributed by atoms with E-state index in [1.807, 2.05) is 0 Å². The number of nitrogen functional groups attached to an aromatic ring is 1. The van der Waals surface area contributed by atoms with Crippen LogP contribution in [0.4, 0.5) is 5.82 Å². The highest BCUT2D eigenvalue weighted by Crippen LogP contribution is 2.27. The largest absolute Gasteiger partial charge is 0.490 e. The van der Waals surface area contributed by atoms with Gasteiger partial charge in [-0.15, -0.1) is 5.10 Å². The molecule has 0 spiro atoms. The molecule has 1 aromatic heterocycles. The van der Waals surface area contributed by atoms with E-state index in [0.29, 0.717) is 34.8 Å². The van der Waals surface area contributed by atoms with E-state index in [9.17, 15) is 0 Å². The van der Waals surface area contributed by atoms with Crippen LogP contribution in [0.1, 0.15) is 0 Å². The van der Waals surface area contributed by atoms with E-state index >= 15 is 0 Å². The minimum Gasteiger partial charge on any atom is -0.490 e. The molecule has 0 saturated carbocycles. The van der Waals surface area contributed by atoms with E-state index in [2.05, 4.69) is 10.3 Å². The van der Waals surface area contributed by atoms with Gasteiger partial charge in [0.1, 0.15) is 12.4 Å². The van der Waals surface area contributed by atoms with Crippen molar-refractivity contribution in [2.75, 3.05) is 12.3 Å². The summed E-state index contributed by atoms with van der Waals surface area (Å²) in [6.45, 7) is 0.966. The van der Waals surface area contributed by atoms with Crippen LogP contribution < -0.4 is 10.5 Å². The lowest BCUT2D eigenvalue weighted by molar-refractivity contribution is 0.290. The summed E-state index contributed by atoms with van der Waals surface area (Å²) in [6, 6.07) is 5.07. The summed E-state index contributed by atoms with van der Waals surface area (Å²) >= 11 is 11.7. The summed E-state index contributed by atoms with van der Waals surface area (Å²) in [4.78, 5) is 0. The fourth-order valence-electron chi connectivity index (χ4n) is 1.26. The Labute approximate surface area is 108 Å². The molecule has 5 nitrogen and oxygen atoms in total. The number of anilines is 1. The van der Waals surface area contributed by atoms with Crippen LogP contribution in [0, 0.1) is 0 Å². The van der Waals surface area contributed by atoms with Crippen LogP contribution in [0.2, 0.25) is 10.0 Å². The molecule has 2 aromatic rings. The molecular formula is C10H10Cl2N4O. The van der Waals surface area contributed by atoms with Crippen LogP contribution >= 0.6 is 23.2 Å². The maximum Gasteiger partial charge on any atom is 0.165 e. The molecule has 0 atom stereocenters. The number of hydrogen-bond donors (Lipinski definition) is 1. The predicted octanol–water partition coefficient (Wildman–Crippen LogP) is 2.25. The number of nitrogens with zero attached hydrogens (tertiary/aromatic N) is 3. The number of benzene rings is 1. The van der Waals surface area contributed by atoms with Gasteiger partial charge in [0.15, 0.2) is 5.82 Å². The first-order valence-corrected chi connectivity index (χ1v) is 5.64. The molecule has 1 aromatic carbocycles. The zero-order valence-electron chi connectivity index (χ0n) is 8.81. The van der Waals surface area contributed by atoms with Crippen LogP contribution in [0.3, 0.4) is 0 Å². The lowest BCUT2D eigenvalue weighted by Crippen LogP contribution is -2.08. The Bertz CT molecular complexity index is 515. The Kier molecular flexibility index (Phi) is 3.71. The zero-order valence-corrected chi connectivity index (χ0v) is 10.3. The van der Waals surface area contributed by atoms with E-state index < -0.39 is 0 Å². The van der Waals surface area contributed by atoms with Crippen LogP contribution in [-0.4, -0.2) is 21.6 Å². The highest BCUT2D eigenvalue weighted by molar-refractivity contribution is 6.35. The number of hydrogen-bond acceptors (Lipinski definition) is 4. The predicted molar refractivity (Wildman–Crippen MR) is 66.4 cm³/mol. The van der Waals surface area contributed by atoms with Crippen LogP contribution in [0.5, 0.6) is 5.75 Å². The number of nitrogens with two attached hydrogens (primary N) is 1. The molecule has 0 bridgehead atoms. The Morgan fingerprint density at radius 1 is 1.35 bits per heavy atom. The summed E-state index contributed by atoms with van der Waals surface area (Å²) in [5.41, 5.74) is 5.43. The van der Waals surface area contributed by atoms with Crippen molar-refractivity contribution < 1.29 is 4.74 Å². The number of aromatic nitrogens is 3. The van der Waals surface area contributed by atoms with Gasteiger partial charge in [-0.3, -0.25) is 0 Å². The molecule has 2 N–H and O–H groups in total. The van der Waals surface area contributed by atoms with E-state index in [0.717, 1.165) is 0 Å². The molecule has 2 rings (SSSR count). The maximum absolute atomic E-state index is 5.95. The SMILES string of the molecule is Nc1cn(CCOc2ccc(Cl)cc2Cl)nn1. The smallest absolute Gasteiger partial charge is 0.165 e. The summed E-state index contributed by atoms with van der Waals surface area (Å²) < 4.78 is 7.08. The van der Waals surface area contributed by atoms with Crippen molar-refractivity contribution >= 4 is 29.0 Å². The second kappa shape index (κ2) is 5.25. The average Bonchev–Trinajstić information content (AvgIpc) is 2.68. The van der Waals surface area contributed by atoms with Gasteiger partial charge >= 0.3 is 0 Å². The number of halogens is 2. The molecule has 1 heterocycles. The van der Waals surface area contributed by atoms with Gasteiger partial charge in [-0.05, 0) is 18.2 Å². The minimum atomic E-state index is 0.384. The molecule has 0 aliphatic rings. The highest BCUT2D eigenvalue weighted by atomic mass is 35.5. The average molecular weight is 273 g/mol. The molecule has 0 unspecified atom stereocenters. The molecule has 0 fully saturated rings. The molecule has 0 aliphatic carbocycles. The summed E-state index contributed by atoms with van der Waals surface area (Å²) in [6.07, 6.45) is 1.63.